The normalized spacial score (nSPS) is 11.0. The van der Waals surface area contributed by atoms with Gasteiger partial charge in [0, 0.05) is 29.7 Å². The molecule has 0 radical (unpaired) electrons. The molecular formula is C20H28N2O2. The molecule has 1 amide bonds. The van der Waals surface area contributed by atoms with Gasteiger partial charge in [-0.25, -0.2) is 4.79 Å². The minimum absolute atomic E-state index is 0.0306. The lowest BCUT2D eigenvalue weighted by molar-refractivity contribution is 0.205. The van der Waals surface area contributed by atoms with E-state index in [0.29, 0.717) is 24.9 Å². The third kappa shape index (κ3) is 3.23. The van der Waals surface area contributed by atoms with Crippen LogP contribution >= 0.6 is 0 Å². The van der Waals surface area contributed by atoms with Crippen molar-refractivity contribution in [3.63, 3.8) is 0 Å². The molecule has 0 aliphatic carbocycles. The highest BCUT2D eigenvalue weighted by atomic mass is 16.2. The molecule has 0 fully saturated rings. The lowest BCUT2D eigenvalue weighted by Gasteiger charge is -2.25. The number of fused-ring (bicyclic) bond motifs is 1. The average molecular weight is 328 g/mol. The smallest absolute Gasteiger partial charge is 0.325 e. The third-order valence-electron chi connectivity index (χ3n) is 4.49. The fraction of sp³-hybridized carbons (Fsp3) is 0.500. The minimum Gasteiger partial charge on any atom is -0.325 e. The number of amides is 1. The number of benzene rings is 1. The van der Waals surface area contributed by atoms with E-state index in [9.17, 15) is 9.59 Å². The van der Waals surface area contributed by atoms with E-state index < -0.39 is 0 Å². The van der Waals surface area contributed by atoms with Crippen LogP contribution in [0.3, 0.4) is 0 Å². The van der Waals surface area contributed by atoms with Crippen LogP contribution in [0.2, 0.25) is 0 Å². The molecule has 4 heteroatoms. The predicted octanol–water partition coefficient (Wildman–Crippen LogP) is 4.22. The van der Waals surface area contributed by atoms with E-state index in [4.69, 9.17) is 0 Å². The van der Waals surface area contributed by atoms with E-state index in [1.807, 2.05) is 43.0 Å². The van der Waals surface area contributed by atoms with Crippen molar-refractivity contribution in [1.82, 2.24) is 9.47 Å². The van der Waals surface area contributed by atoms with Crippen molar-refractivity contribution in [1.29, 1.82) is 0 Å². The molecule has 0 unspecified atom stereocenters. The second kappa shape index (κ2) is 8.13. The first-order valence-electron chi connectivity index (χ1n) is 9.05. The van der Waals surface area contributed by atoms with Gasteiger partial charge in [-0.15, -0.1) is 0 Å². The Labute approximate surface area is 144 Å². The van der Waals surface area contributed by atoms with Crippen LogP contribution < -0.4 is 5.43 Å². The van der Waals surface area contributed by atoms with Gasteiger partial charge in [-0.2, -0.15) is 0 Å². The molecule has 24 heavy (non-hydrogen) atoms. The molecule has 0 aliphatic rings. The van der Waals surface area contributed by atoms with Crippen molar-refractivity contribution in [3.8, 4) is 0 Å². The Morgan fingerprint density at radius 1 is 1.00 bits per heavy atom. The SMILES string of the molecule is CCCc1c(CCC)n(C(=O)N(CC)CC)c2ccccc2c1=O. The number of carbonyl (C=O) groups is 1. The Morgan fingerprint density at radius 2 is 1.62 bits per heavy atom. The number of para-hydroxylation sites is 1. The summed E-state index contributed by atoms with van der Waals surface area (Å²) in [5, 5.41) is 0.640. The Morgan fingerprint density at radius 3 is 2.21 bits per heavy atom. The maximum Gasteiger partial charge on any atom is 0.328 e. The van der Waals surface area contributed by atoms with Crippen LogP contribution in [0.15, 0.2) is 29.1 Å². The monoisotopic (exact) mass is 328 g/mol. The quantitative estimate of drug-likeness (QED) is 0.797. The molecule has 0 spiro atoms. The molecule has 0 saturated heterocycles. The molecule has 0 bridgehead atoms. The van der Waals surface area contributed by atoms with Gasteiger partial charge in [-0.3, -0.25) is 9.36 Å². The van der Waals surface area contributed by atoms with Gasteiger partial charge < -0.3 is 4.90 Å². The largest absolute Gasteiger partial charge is 0.328 e. The van der Waals surface area contributed by atoms with Crippen LogP contribution in [0, 0.1) is 0 Å². The second-order valence-corrected chi connectivity index (χ2v) is 6.06. The van der Waals surface area contributed by atoms with Crippen LogP contribution in [0.1, 0.15) is 51.8 Å². The molecule has 2 rings (SSSR count). The Hall–Kier alpha value is -2.10. The molecule has 0 N–H and O–H groups in total. The highest BCUT2D eigenvalue weighted by molar-refractivity contribution is 5.91. The first-order chi connectivity index (χ1) is 11.6. The lowest BCUT2D eigenvalue weighted by atomic mass is 10.0. The molecule has 4 nitrogen and oxygen atoms in total. The van der Waals surface area contributed by atoms with Crippen LogP contribution in [-0.2, 0) is 12.8 Å². The first-order valence-corrected chi connectivity index (χ1v) is 9.05. The van der Waals surface area contributed by atoms with E-state index in [1.54, 1.807) is 4.57 Å². The maximum atomic E-state index is 13.2. The summed E-state index contributed by atoms with van der Waals surface area (Å²) in [6.07, 6.45) is 3.25. The zero-order valence-corrected chi connectivity index (χ0v) is 15.3. The maximum absolute atomic E-state index is 13.2. The van der Waals surface area contributed by atoms with Gasteiger partial charge in [0.2, 0.25) is 0 Å². The molecule has 0 aliphatic heterocycles. The summed E-state index contributed by atoms with van der Waals surface area (Å²) in [7, 11) is 0. The van der Waals surface area contributed by atoms with E-state index in [1.165, 1.54) is 0 Å². The number of hydrogen-bond acceptors (Lipinski definition) is 2. The van der Waals surface area contributed by atoms with Gasteiger partial charge in [0.25, 0.3) is 0 Å². The molecule has 1 heterocycles. The molecule has 130 valence electrons. The van der Waals surface area contributed by atoms with Gasteiger partial charge in [0.15, 0.2) is 5.43 Å². The third-order valence-corrected chi connectivity index (χ3v) is 4.49. The standard InChI is InChI=1S/C20H28N2O2/c1-5-11-15-17(12-6-2)22(20(24)21(7-3)8-4)18-14-10-9-13-16(18)19(15)23/h9-10,13-14H,5-8,11-12H2,1-4H3. The molecule has 0 saturated carbocycles. The highest BCUT2D eigenvalue weighted by Gasteiger charge is 2.22. The summed E-state index contributed by atoms with van der Waals surface area (Å²) in [5.74, 6) is 0. The van der Waals surface area contributed by atoms with Gasteiger partial charge >= 0.3 is 6.03 Å². The van der Waals surface area contributed by atoms with E-state index >= 15 is 0 Å². The molecular weight excluding hydrogens is 300 g/mol. The van der Waals surface area contributed by atoms with Crippen LogP contribution in [0.4, 0.5) is 4.79 Å². The average Bonchev–Trinajstić information content (AvgIpc) is 2.59. The van der Waals surface area contributed by atoms with Crippen LogP contribution in [0.25, 0.3) is 10.9 Å². The van der Waals surface area contributed by atoms with Gasteiger partial charge in [-0.05, 0) is 38.8 Å². The Balaban J connectivity index is 2.87. The Kier molecular flexibility index (Phi) is 6.18. The van der Waals surface area contributed by atoms with Crippen molar-refractivity contribution in [2.24, 2.45) is 0 Å². The summed E-state index contributed by atoms with van der Waals surface area (Å²) >= 11 is 0. The zero-order chi connectivity index (χ0) is 17.7. The highest BCUT2D eigenvalue weighted by Crippen LogP contribution is 2.20. The summed E-state index contributed by atoms with van der Waals surface area (Å²) in [6, 6.07) is 7.44. The minimum atomic E-state index is -0.0306. The van der Waals surface area contributed by atoms with E-state index in [-0.39, 0.29) is 11.5 Å². The van der Waals surface area contributed by atoms with Crippen LogP contribution in [-0.4, -0.2) is 28.6 Å². The van der Waals surface area contributed by atoms with Gasteiger partial charge in [0.05, 0.1) is 5.52 Å². The topological polar surface area (TPSA) is 42.3 Å². The van der Waals surface area contributed by atoms with Gasteiger partial charge in [-0.1, -0.05) is 38.8 Å². The van der Waals surface area contributed by atoms with E-state index in [2.05, 4.69) is 13.8 Å². The lowest BCUT2D eigenvalue weighted by Crippen LogP contribution is -2.37. The Bertz CT molecular complexity index is 773. The van der Waals surface area contributed by atoms with Crippen LogP contribution in [0.5, 0.6) is 0 Å². The summed E-state index contributed by atoms with van der Waals surface area (Å²) < 4.78 is 1.79. The number of rotatable bonds is 6. The summed E-state index contributed by atoms with van der Waals surface area (Å²) in [6.45, 7) is 9.44. The molecule has 2 aromatic rings. The molecule has 0 atom stereocenters. The number of hydrogen-bond donors (Lipinski definition) is 0. The van der Waals surface area contributed by atoms with Crippen molar-refractivity contribution < 1.29 is 4.79 Å². The van der Waals surface area contributed by atoms with E-state index in [0.717, 1.165) is 36.0 Å². The van der Waals surface area contributed by atoms with Crippen molar-refractivity contribution in [3.05, 3.63) is 45.7 Å². The van der Waals surface area contributed by atoms with Crippen molar-refractivity contribution in [2.75, 3.05) is 13.1 Å². The van der Waals surface area contributed by atoms with Crippen molar-refractivity contribution in [2.45, 2.75) is 53.4 Å². The van der Waals surface area contributed by atoms with Gasteiger partial charge in [0.1, 0.15) is 0 Å². The fourth-order valence-electron chi connectivity index (χ4n) is 3.30. The first kappa shape index (κ1) is 18.2. The number of nitrogens with zero attached hydrogens (tertiary/aromatic N) is 2. The zero-order valence-electron chi connectivity index (χ0n) is 15.3. The number of pyridine rings is 1. The molecule has 1 aromatic heterocycles. The van der Waals surface area contributed by atoms with Crippen molar-refractivity contribution >= 4 is 16.9 Å². The fourth-order valence-corrected chi connectivity index (χ4v) is 3.30. The number of aromatic nitrogens is 1. The molecule has 1 aromatic carbocycles. The summed E-state index contributed by atoms with van der Waals surface area (Å²) in [4.78, 5) is 27.9. The number of carbonyl (C=O) groups excluding carboxylic acids is 1. The summed E-state index contributed by atoms with van der Waals surface area (Å²) in [5.41, 5.74) is 2.50. The predicted molar refractivity (Wildman–Crippen MR) is 99.9 cm³/mol. The second-order valence-electron chi connectivity index (χ2n) is 6.06.